The molecule has 0 bridgehead atoms. The predicted molar refractivity (Wildman–Crippen MR) is 64.4 cm³/mol. The third-order valence-corrected chi connectivity index (χ3v) is 3.63. The molecule has 0 saturated carbocycles. The Hall–Kier alpha value is -0.240. The molecule has 0 aromatic carbocycles. The first-order valence-electron chi connectivity index (χ1n) is 5.07. The second kappa shape index (κ2) is 7.98. The second-order valence-corrected chi connectivity index (χ2v) is 5.59. The Kier molecular flexibility index (Phi) is 7.85. The second-order valence-electron chi connectivity index (χ2n) is 3.34. The minimum absolute atomic E-state index is 0.0988. The average Bonchev–Trinajstić information content (AvgIpc) is 2.17. The molecule has 0 saturated heterocycles. The van der Waals surface area contributed by atoms with Gasteiger partial charge in [-0.25, -0.2) is 13.1 Å². The van der Waals surface area contributed by atoms with Crippen molar-refractivity contribution in [3.05, 3.63) is 0 Å². The first kappa shape index (κ1) is 14.8. The van der Waals surface area contributed by atoms with Crippen molar-refractivity contribution in [2.75, 3.05) is 11.6 Å². The quantitative estimate of drug-likeness (QED) is 0.406. The normalized spacial score (nSPS) is 13.4. The largest absolute Gasteiger partial charge is 0.212 e. The predicted octanol–water partition coefficient (Wildman–Crippen LogP) is 1.73. The summed E-state index contributed by atoms with van der Waals surface area (Å²) in [4.78, 5) is 0. The highest BCUT2D eigenvalue weighted by Gasteiger charge is 2.14. The molecule has 1 N–H and O–H groups in total. The maximum atomic E-state index is 11.5. The monoisotopic (exact) mass is 251 g/mol. The van der Waals surface area contributed by atoms with Gasteiger partial charge in [-0.05, 0) is 19.3 Å². The summed E-state index contributed by atoms with van der Waals surface area (Å²) in [6.07, 6.45) is 8.03. The van der Waals surface area contributed by atoms with Crippen molar-refractivity contribution in [3.63, 3.8) is 0 Å². The molecular formula is C10H18ClNO2S. The van der Waals surface area contributed by atoms with Crippen LogP contribution in [0.2, 0.25) is 0 Å². The molecule has 0 amide bonds. The first-order chi connectivity index (χ1) is 7.05. The summed E-state index contributed by atoms with van der Waals surface area (Å²) in [5, 5.41) is 0. The van der Waals surface area contributed by atoms with Crippen molar-refractivity contribution in [3.8, 4) is 12.3 Å². The van der Waals surface area contributed by atoms with E-state index in [-0.39, 0.29) is 11.8 Å². The summed E-state index contributed by atoms with van der Waals surface area (Å²) in [6.45, 7) is 1.96. The van der Waals surface area contributed by atoms with Crippen LogP contribution in [0, 0.1) is 12.3 Å². The van der Waals surface area contributed by atoms with E-state index in [0.717, 1.165) is 6.42 Å². The fourth-order valence-electron chi connectivity index (χ4n) is 1.13. The van der Waals surface area contributed by atoms with Gasteiger partial charge in [0.2, 0.25) is 10.0 Å². The summed E-state index contributed by atoms with van der Waals surface area (Å²) in [5.74, 6) is 3.02. The number of hydrogen-bond donors (Lipinski definition) is 1. The van der Waals surface area contributed by atoms with Gasteiger partial charge in [0.05, 0.1) is 11.8 Å². The maximum Gasteiger partial charge on any atom is 0.212 e. The van der Waals surface area contributed by atoms with E-state index in [1.54, 1.807) is 0 Å². The molecule has 15 heavy (non-hydrogen) atoms. The van der Waals surface area contributed by atoms with E-state index in [9.17, 15) is 8.42 Å². The van der Waals surface area contributed by atoms with Gasteiger partial charge in [-0.3, -0.25) is 0 Å². The number of sulfonamides is 1. The number of terminal acetylenes is 1. The summed E-state index contributed by atoms with van der Waals surface area (Å²) < 4.78 is 25.5. The van der Waals surface area contributed by atoms with Crippen LogP contribution in [0.3, 0.4) is 0 Å². The van der Waals surface area contributed by atoms with Crippen LogP contribution < -0.4 is 4.72 Å². The van der Waals surface area contributed by atoms with E-state index in [1.807, 2.05) is 6.92 Å². The lowest BCUT2D eigenvalue weighted by molar-refractivity contribution is 0.561. The van der Waals surface area contributed by atoms with Gasteiger partial charge in [0.1, 0.15) is 0 Å². The highest BCUT2D eigenvalue weighted by molar-refractivity contribution is 7.89. The van der Waals surface area contributed by atoms with Gasteiger partial charge in [-0.1, -0.05) is 19.3 Å². The van der Waals surface area contributed by atoms with E-state index in [1.165, 1.54) is 0 Å². The van der Waals surface area contributed by atoms with Crippen LogP contribution in [0.4, 0.5) is 0 Å². The number of rotatable bonds is 8. The zero-order valence-corrected chi connectivity index (χ0v) is 10.6. The zero-order valence-electron chi connectivity index (χ0n) is 9.00. The van der Waals surface area contributed by atoms with E-state index in [0.29, 0.717) is 25.1 Å². The molecule has 0 aromatic heterocycles. The maximum absolute atomic E-state index is 11.5. The number of alkyl halides is 1. The third kappa shape index (κ3) is 7.66. The smallest absolute Gasteiger partial charge is 0.212 e. The number of nitrogens with one attached hydrogen (secondary N) is 1. The minimum atomic E-state index is -3.24. The molecule has 0 fully saturated rings. The number of hydrogen-bond acceptors (Lipinski definition) is 2. The standard InChI is InChI=1S/C10H18ClNO2S/c1-3-7-10(4-2)12-15(13,14)9-6-5-8-11/h2,10,12H,3,5-9H2,1H3. The van der Waals surface area contributed by atoms with Crippen molar-refractivity contribution in [2.24, 2.45) is 0 Å². The topological polar surface area (TPSA) is 46.2 Å². The van der Waals surface area contributed by atoms with E-state index < -0.39 is 10.0 Å². The molecule has 0 aliphatic rings. The lowest BCUT2D eigenvalue weighted by Gasteiger charge is -2.12. The molecule has 88 valence electrons. The Labute approximate surface area is 97.6 Å². The van der Waals surface area contributed by atoms with Crippen LogP contribution >= 0.6 is 11.6 Å². The van der Waals surface area contributed by atoms with E-state index in [4.69, 9.17) is 18.0 Å². The van der Waals surface area contributed by atoms with Crippen LogP contribution in [0.25, 0.3) is 0 Å². The third-order valence-electron chi connectivity index (χ3n) is 1.90. The lowest BCUT2D eigenvalue weighted by Crippen LogP contribution is -2.35. The molecule has 3 nitrogen and oxygen atoms in total. The van der Waals surface area contributed by atoms with E-state index in [2.05, 4.69) is 10.6 Å². The van der Waals surface area contributed by atoms with Crippen molar-refractivity contribution < 1.29 is 8.42 Å². The Balaban J connectivity index is 4.06. The molecule has 0 aromatic rings. The molecule has 5 heteroatoms. The van der Waals surface area contributed by atoms with Gasteiger partial charge >= 0.3 is 0 Å². The molecule has 0 radical (unpaired) electrons. The SMILES string of the molecule is C#CC(CCC)NS(=O)(=O)CCCCCl. The van der Waals surface area contributed by atoms with Gasteiger partial charge in [-0.2, -0.15) is 0 Å². The Morgan fingerprint density at radius 3 is 2.60 bits per heavy atom. The molecule has 1 unspecified atom stereocenters. The fourth-order valence-corrected chi connectivity index (χ4v) is 2.64. The van der Waals surface area contributed by atoms with Gasteiger partial charge in [0, 0.05) is 5.88 Å². The highest BCUT2D eigenvalue weighted by Crippen LogP contribution is 2.01. The highest BCUT2D eigenvalue weighted by atomic mass is 35.5. The summed E-state index contributed by atoms with van der Waals surface area (Å²) in [6, 6.07) is -0.379. The Morgan fingerprint density at radius 1 is 1.47 bits per heavy atom. The number of halogens is 1. The van der Waals surface area contributed by atoms with Crippen LogP contribution in [0.1, 0.15) is 32.6 Å². The average molecular weight is 252 g/mol. The fraction of sp³-hybridized carbons (Fsp3) is 0.800. The van der Waals surface area contributed by atoms with Crippen LogP contribution in [-0.4, -0.2) is 26.1 Å². The molecule has 0 spiro atoms. The summed E-state index contributed by atoms with van der Waals surface area (Å²) >= 11 is 5.47. The van der Waals surface area contributed by atoms with Crippen LogP contribution in [0.5, 0.6) is 0 Å². The van der Waals surface area contributed by atoms with Crippen LogP contribution in [0.15, 0.2) is 0 Å². The van der Waals surface area contributed by atoms with Crippen LogP contribution in [-0.2, 0) is 10.0 Å². The molecular weight excluding hydrogens is 234 g/mol. The molecule has 1 atom stereocenters. The van der Waals surface area contributed by atoms with Gasteiger partial charge in [-0.15, -0.1) is 18.0 Å². The molecule has 0 rings (SSSR count). The van der Waals surface area contributed by atoms with Gasteiger partial charge in [0.15, 0.2) is 0 Å². The molecule has 0 aliphatic heterocycles. The van der Waals surface area contributed by atoms with Gasteiger partial charge < -0.3 is 0 Å². The van der Waals surface area contributed by atoms with Crippen molar-refractivity contribution in [2.45, 2.75) is 38.6 Å². The molecule has 0 heterocycles. The van der Waals surface area contributed by atoms with Crippen molar-refractivity contribution in [1.82, 2.24) is 4.72 Å². The Bertz CT molecular complexity index is 295. The summed E-state index contributed by atoms with van der Waals surface area (Å²) in [7, 11) is -3.24. The number of unbranched alkanes of at least 4 members (excludes halogenated alkanes) is 1. The summed E-state index contributed by atoms with van der Waals surface area (Å²) in [5.41, 5.74) is 0. The first-order valence-corrected chi connectivity index (χ1v) is 7.26. The molecule has 0 aliphatic carbocycles. The van der Waals surface area contributed by atoms with Gasteiger partial charge in [0.25, 0.3) is 0 Å². The minimum Gasteiger partial charge on any atom is -0.212 e. The van der Waals surface area contributed by atoms with Crippen molar-refractivity contribution >= 4 is 21.6 Å². The Morgan fingerprint density at radius 2 is 2.13 bits per heavy atom. The lowest BCUT2D eigenvalue weighted by atomic mass is 10.2. The zero-order chi connectivity index (χ0) is 11.7. The van der Waals surface area contributed by atoms with E-state index >= 15 is 0 Å². The van der Waals surface area contributed by atoms with Crippen molar-refractivity contribution in [1.29, 1.82) is 0 Å².